The highest BCUT2D eigenvalue weighted by atomic mass is 15.2. The van der Waals surface area contributed by atoms with Gasteiger partial charge in [-0.15, -0.1) is 0 Å². The second kappa shape index (κ2) is 4.98. The fourth-order valence-electron chi connectivity index (χ4n) is 1.70. The summed E-state index contributed by atoms with van der Waals surface area (Å²) in [5.74, 6) is 0. The van der Waals surface area contributed by atoms with Gasteiger partial charge < -0.3 is 16.0 Å². The zero-order valence-corrected chi connectivity index (χ0v) is 8.82. The maximum Gasteiger partial charge on any atom is 0.0367 e. The van der Waals surface area contributed by atoms with Crippen molar-refractivity contribution in [2.75, 3.05) is 38.1 Å². The van der Waals surface area contributed by atoms with Gasteiger partial charge in [0.05, 0.1) is 0 Å². The SMILES string of the molecule is CN1CCN(c2ccccc2)CC1.N. The highest BCUT2D eigenvalue weighted by molar-refractivity contribution is 5.46. The van der Waals surface area contributed by atoms with Crippen molar-refractivity contribution >= 4 is 5.69 Å². The van der Waals surface area contributed by atoms with Gasteiger partial charge in [0.1, 0.15) is 0 Å². The Morgan fingerprint density at radius 2 is 1.50 bits per heavy atom. The van der Waals surface area contributed by atoms with E-state index < -0.39 is 0 Å². The summed E-state index contributed by atoms with van der Waals surface area (Å²) in [5.41, 5.74) is 1.36. The fraction of sp³-hybridized carbons (Fsp3) is 0.455. The Morgan fingerprint density at radius 3 is 2.07 bits per heavy atom. The van der Waals surface area contributed by atoms with Crippen LogP contribution in [0.2, 0.25) is 0 Å². The van der Waals surface area contributed by atoms with Gasteiger partial charge in [-0.3, -0.25) is 0 Å². The molecule has 1 aromatic carbocycles. The highest BCUT2D eigenvalue weighted by Crippen LogP contribution is 2.14. The first-order valence-electron chi connectivity index (χ1n) is 4.85. The standard InChI is InChI=1S/C11H16N2.H3N/c1-12-7-9-13(10-8-12)11-5-3-2-4-6-11;/h2-6H,7-10H2,1H3;1H3. The third-order valence-electron chi connectivity index (χ3n) is 2.62. The second-order valence-corrected chi connectivity index (χ2v) is 3.63. The smallest absolute Gasteiger partial charge is 0.0367 e. The van der Waals surface area contributed by atoms with Gasteiger partial charge in [0.2, 0.25) is 0 Å². The van der Waals surface area contributed by atoms with Gasteiger partial charge in [0.15, 0.2) is 0 Å². The first-order chi connectivity index (χ1) is 6.36. The largest absolute Gasteiger partial charge is 0.369 e. The number of piperazine rings is 1. The Morgan fingerprint density at radius 1 is 0.929 bits per heavy atom. The molecule has 3 heteroatoms. The normalized spacial score (nSPS) is 17.6. The topological polar surface area (TPSA) is 41.5 Å². The lowest BCUT2D eigenvalue weighted by atomic mass is 10.2. The number of rotatable bonds is 1. The molecule has 1 aliphatic rings. The van der Waals surface area contributed by atoms with Crippen molar-refractivity contribution in [3.8, 4) is 0 Å². The van der Waals surface area contributed by atoms with Crippen LogP contribution >= 0.6 is 0 Å². The van der Waals surface area contributed by atoms with Crippen LogP contribution in [0.1, 0.15) is 0 Å². The zero-order valence-electron chi connectivity index (χ0n) is 8.82. The molecule has 2 rings (SSSR count). The second-order valence-electron chi connectivity index (χ2n) is 3.63. The van der Waals surface area contributed by atoms with Crippen LogP contribution in [0, 0.1) is 0 Å². The third kappa shape index (κ3) is 2.47. The van der Waals surface area contributed by atoms with Crippen LogP contribution in [0.3, 0.4) is 0 Å². The molecule has 1 aromatic rings. The maximum atomic E-state index is 2.44. The molecule has 1 heterocycles. The molecule has 3 N–H and O–H groups in total. The maximum absolute atomic E-state index is 2.44. The quantitative estimate of drug-likeness (QED) is 0.736. The number of nitrogens with zero attached hydrogens (tertiary/aromatic N) is 2. The number of benzene rings is 1. The highest BCUT2D eigenvalue weighted by Gasteiger charge is 2.13. The van der Waals surface area contributed by atoms with Crippen LogP contribution in [-0.2, 0) is 0 Å². The molecule has 0 saturated carbocycles. The molecular formula is C11H19N3. The molecule has 0 aromatic heterocycles. The number of hydrogen-bond donors (Lipinski definition) is 1. The lowest BCUT2D eigenvalue weighted by Crippen LogP contribution is -2.44. The van der Waals surface area contributed by atoms with Crippen molar-refractivity contribution in [2.45, 2.75) is 0 Å². The van der Waals surface area contributed by atoms with E-state index in [-0.39, 0.29) is 6.15 Å². The summed E-state index contributed by atoms with van der Waals surface area (Å²) in [6, 6.07) is 10.7. The zero-order chi connectivity index (χ0) is 9.10. The molecule has 0 spiro atoms. The van der Waals surface area contributed by atoms with Gasteiger partial charge in [-0.2, -0.15) is 0 Å². The van der Waals surface area contributed by atoms with Gasteiger partial charge in [0, 0.05) is 31.9 Å². The van der Waals surface area contributed by atoms with E-state index >= 15 is 0 Å². The lowest BCUT2D eigenvalue weighted by molar-refractivity contribution is 0.313. The third-order valence-corrected chi connectivity index (χ3v) is 2.62. The summed E-state index contributed by atoms with van der Waals surface area (Å²) in [6.45, 7) is 4.66. The van der Waals surface area contributed by atoms with E-state index in [0.29, 0.717) is 0 Å². The summed E-state index contributed by atoms with van der Waals surface area (Å²) >= 11 is 0. The van der Waals surface area contributed by atoms with Crippen LogP contribution < -0.4 is 11.1 Å². The van der Waals surface area contributed by atoms with Crippen LogP contribution in [-0.4, -0.2) is 38.1 Å². The summed E-state index contributed by atoms with van der Waals surface area (Å²) in [4.78, 5) is 4.82. The molecule has 0 bridgehead atoms. The van der Waals surface area contributed by atoms with Crippen molar-refractivity contribution in [2.24, 2.45) is 0 Å². The van der Waals surface area contributed by atoms with E-state index in [9.17, 15) is 0 Å². The molecule has 1 fully saturated rings. The van der Waals surface area contributed by atoms with E-state index in [1.165, 1.54) is 18.8 Å². The molecule has 0 radical (unpaired) electrons. The minimum atomic E-state index is 0. The molecule has 14 heavy (non-hydrogen) atoms. The molecule has 0 unspecified atom stereocenters. The van der Waals surface area contributed by atoms with E-state index in [1.807, 2.05) is 0 Å². The van der Waals surface area contributed by atoms with Crippen molar-refractivity contribution in [1.82, 2.24) is 11.1 Å². The first-order valence-corrected chi connectivity index (χ1v) is 4.85. The molecule has 0 amide bonds. The van der Waals surface area contributed by atoms with E-state index in [4.69, 9.17) is 0 Å². The van der Waals surface area contributed by atoms with Gasteiger partial charge in [-0.1, -0.05) is 18.2 Å². The fourth-order valence-corrected chi connectivity index (χ4v) is 1.70. The van der Waals surface area contributed by atoms with Gasteiger partial charge >= 0.3 is 0 Å². The van der Waals surface area contributed by atoms with Crippen LogP contribution in [0.15, 0.2) is 30.3 Å². The Balaban J connectivity index is 0.000000980. The van der Waals surface area contributed by atoms with E-state index in [0.717, 1.165) is 13.1 Å². The predicted molar refractivity (Wildman–Crippen MR) is 61.2 cm³/mol. The van der Waals surface area contributed by atoms with Crippen molar-refractivity contribution in [1.29, 1.82) is 0 Å². The van der Waals surface area contributed by atoms with Crippen molar-refractivity contribution < 1.29 is 0 Å². The van der Waals surface area contributed by atoms with Crippen LogP contribution in [0.4, 0.5) is 5.69 Å². The first kappa shape index (κ1) is 11.0. The minimum Gasteiger partial charge on any atom is -0.369 e. The Hall–Kier alpha value is -1.06. The number of hydrogen-bond acceptors (Lipinski definition) is 3. The molecular weight excluding hydrogens is 174 g/mol. The summed E-state index contributed by atoms with van der Waals surface area (Å²) in [7, 11) is 2.18. The number of anilines is 1. The molecule has 1 aliphatic heterocycles. The number of likely N-dealkylation sites (N-methyl/N-ethyl adjacent to an activating group) is 1. The van der Waals surface area contributed by atoms with Crippen molar-refractivity contribution in [3.63, 3.8) is 0 Å². The van der Waals surface area contributed by atoms with Gasteiger partial charge in [-0.05, 0) is 19.2 Å². The van der Waals surface area contributed by atoms with Gasteiger partial charge in [-0.25, -0.2) is 0 Å². The lowest BCUT2D eigenvalue weighted by Gasteiger charge is -2.33. The number of para-hydroxylation sites is 1. The van der Waals surface area contributed by atoms with Crippen molar-refractivity contribution in [3.05, 3.63) is 30.3 Å². The molecule has 3 nitrogen and oxygen atoms in total. The molecule has 1 saturated heterocycles. The Kier molecular flexibility index (Phi) is 3.92. The monoisotopic (exact) mass is 193 g/mol. The van der Waals surface area contributed by atoms with Gasteiger partial charge in [0.25, 0.3) is 0 Å². The summed E-state index contributed by atoms with van der Waals surface area (Å²) in [5, 5.41) is 0. The molecule has 78 valence electrons. The summed E-state index contributed by atoms with van der Waals surface area (Å²) in [6.07, 6.45) is 0. The van der Waals surface area contributed by atoms with Crippen LogP contribution in [0.25, 0.3) is 0 Å². The molecule has 0 aliphatic carbocycles. The van der Waals surface area contributed by atoms with E-state index in [2.05, 4.69) is 47.2 Å². The predicted octanol–water partition coefficient (Wildman–Crippen LogP) is 1.60. The minimum absolute atomic E-state index is 0. The Labute approximate surface area is 85.9 Å². The van der Waals surface area contributed by atoms with Crippen LogP contribution in [0.5, 0.6) is 0 Å². The molecule has 0 atom stereocenters. The Bertz CT molecular complexity index is 252. The average Bonchev–Trinajstić information content (AvgIpc) is 2.20. The van der Waals surface area contributed by atoms with E-state index in [1.54, 1.807) is 0 Å². The summed E-state index contributed by atoms with van der Waals surface area (Å²) < 4.78 is 0. The average molecular weight is 193 g/mol.